The van der Waals surface area contributed by atoms with Crippen molar-refractivity contribution in [2.24, 2.45) is 10.7 Å². The van der Waals surface area contributed by atoms with E-state index < -0.39 is 41.8 Å². The highest BCUT2D eigenvalue weighted by Gasteiger charge is 2.54. The molecule has 0 aliphatic carbocycles. The average molecular weight is 462 g/mol. The second-order valence-corrected chi connectivity index (χ2v) is 6.85. The van der Waals surface area contributed by atoms with E-state index >= 15 is 0 Å². The number of aromatic nitrogens is 2. The number of carbonyl (C=O) groups excluding carboxylic acids is 1. The maximum atomic E-state index is 14.7. The molecule has 0 saturated carbocycles. The minimum absolute atomic E-state index is 0.189. The van der Waals surface area contributed by atoms with Crippen molar-refractivity contribution in [3.63, 3.8) is 0 Å². The van der Waals surface area contributed by atoms with Crippen LogP contribution in [-0.4, -0.2) is 52.1 Å². The lowest BCUT2D eigenvalue weighted by Gasteiger charge is -2.33. The number of carboxylic acid groups (broad SMARTS) is 1. The minimum Gasteiger partial charge on any atom is -0.483 e. The summed E-state index contributed by atoms with van der Waals surface area (Å²) in [5.74, 6) is -5.38. The molecule has 1 atom stereocenters. The van der Waals surface area contributed by atoms with E-state index in [1.165, 1.54) is 6.07 Å². The number of ether oxygens (including phenoxy) is 1. The summed E-state index contributed by atoms with van der Waals surface area (Å²) in [4.78, 5) is 24.5. The summed E-state index contributed by atoms with van der Waals surface area (Å²) in [6.07, 6.45) is 0.587. The van der Waals surface area contributed by atoms with Gasteiger partial charge in [0, 0.05) is 18.2 Å². The highest BCUT2D eigenvalue weighted by molar-refractivity contribution is 5.95. The summed E-state index contributed by atoms with van der Waals surface area (Å²) < 4.78 is 74.2. The van der Waals surface area contributed by atoms with Crippen LogP contribution in [0.1, 0.15) is 35.1 Å². The molecule has 1 aliphatic heterocycles. The van der Waals surface area contributed by atoms with Crippen molar-refractivity contribution in [2.75, 3.05) is 13.2 Å². The summed E-state index contributed by atoms with van der Waals surface area (Å²) >= 11 is 0. The smallest absolute Gasteiger partial charge is 0.333 e. The van der Waals surface area contributed by atoms with Crippen LogP contribution in [0.3, 0.4) is 0 Å². The van der Waals surface area contributed by atoms with E-state index in [0.29, 0.717) is 4.68 Å². The summed E-state index contributed by atoms with van der Waals surface area (Å²) in [6, 6.07) is 4.38. The van der Waals surface area contributed by atoms with Crippen molar-refractivity contribution in [3.05, 3.63) is 53.1 Å². The number of hydrogen-bond donors (Lipinski definition) is 2. The van der Waals surface area contributed by atoms with Crippen LogP contribution in [0.4, 0.5) is 22.0 Å². The van der Waals surface area contributed by atoms with Gasteiger partial charge >= 0.3 is 6.55 Å². The minimum atomic E-state index is -3.58. The largest absolute Gasteiger partial charge is 0.483 e. The lowest BCUT2D eigenvalue weighted by atomic mass is 9.84. The third kappa shape index (κ3) is 5.28. The van der Waals surface area contributed by atoms with Crippen molar-refractivity contribution in [1.82, 2.24) is 9.78 Å². The first-order valence-corrected chi connectivity index (χ1v) is 8.98. The fourth-order valence-electron chi connectivity index (χ4n) is 3.01. The molecule has 2 heterocycles. The quantitative estimate of drug-likeness (QED) is 0.401. The molecule has 0 amide bonds. The number of carbonyl (C=O) groups is 2. The summed E-state index contributed by atoms with van der Waals surface area (Å²) in [6.45, 7) is -3.46. The van der Waals surface area contributed by atoms with Gasteiger partial charge in [0.1, 0.15) is 30.6 Å². The molecule has 0 saturated heterocycles. The lowest BCUT2D eigenvalue weighted by molar-refractivity contribution is -0.122. The Morgan fingerprint density at radius 3 is 2.62 bits per heavy atom. The van der Waals surface area contributed by atoms with Crippen molar-refractivity contribution < 1.29 is 41.4 Å². The second kappa shape index (κ2) is 9.85. The third-order valence-electron chi connectivity index (χ3n) is 4.63. The van der Waals surface area contributed by atoms with Crippen LogP contribution in [0.15, 0.2) is 35.5 Å². The predicted octanol–water partition coefficient (Wildman–Crippen LogP) is 2.78. The van der Waals surface area contributed by atoms with Gasteiger partial charge in [0.05, 0.1) is 0 Å². The maximum absolute atomic E-state index is 14.7. The van der Waals surface area contributed by atoms with Crippen LogP contribution < -0.4 is 5.73 Å². The van der Waals surface area contributed by atoms with Gasteiger partial charge in [0.25, 0.3) is 12.4 Å². The molecule has 13 heteroatoms. The molecule has 3 N–H and O–H groups in total. The van der Waals surface area contributed by atoms with Crippen molar-refractivity contribution in [2.45, 2.75) is 31.4 Å². The van der Waals surface area contributed by atoms with Crippen LogP contribution in [0.25, 0.3) is 0 Å². The Morgan fingerprint density at radius 1 is 1.38 bits per heavy atom. The number of alkyl halides is 4. The summed E-state index contributed by atoms with van der Waals surface area (Å²) in [7, 11) is 0. The molecule has 0 bridgehead atoms. The highest BCUT2D eigenvalue weighted by Crippen LogP contribution is 2.43. The molecule has 0 fully saturated rings. The van der Waals surface area contributed by atoms with E-state index in [0.717, 1.165) is 31.3 Å². The Balaban J connectivity index is 0.00000114. The van der Waals surface area contributed by atoms with E-state index in [9.17, 15) is 26.7 Å². The molecule has 1 aromatic heterocycles. The molecule has 0 spiro atoms. The molecular formula is C19H19F5N4O4. The normalized spacial score (nSPS) is 20.0. The maximum Gasteiger partial charge on any atom is 0.333 e. The van der Waals surface area contributed by atoms with Crippen molar-refractivity contribution in [1.29, 1.82) is 0 Å². The topological polar surface area (TPSA) is 120 Å². The Bertz CT molecular complexity index is 1010. The van der Waals surface area contributed by atoms with Crippen molar-refractivity contribution in [3.8, 4) is 0 Å². The van der Waals surface area contributed by atoms with Gasteiger partial charge in [-0.25, -0.2) is 17.9 Å². The molecule has 0 radical (unpaired) electrons. The van der Waals surface area contributed by atoms with Gasteiger partial charge in [0.15, 0.2) is 11.3 Å². The molecular weight excluding hydrogens is 443 g/mol. The zero-order chi connectivity index (χ0) is 24.1. The first kappa shape index (κ1) is 24.9. The van der Waals surface area contributed by atoms with Gasteiger partial charge in [0.2, 0.25) is 0 Å². The van der Waals surface area contributed by atoms with Gasteiger partial charge in [-0.05, 0) is 30.7 Å². The summed E-state index contributed by atoms with van der Waals surface area (Å²) in [5, 5.41) is 10.4. The number of amidine groups is 1. The van der Waals surface area contributed by atoms with E-state index in [1.54, 1.807) is 0 Å². The number of Topliss-reactive ketones (excluding diaryl/α,β-unsaturated/α-hetero) is 1. The molecule has 3 rings (SSSR count). The monoisotopic (exact) mass is 462 g/mol. The second-order valence-electron chi connectivity index (χ2n) is 6.85. The number of aliphatic imine (C=N–C) groups is 1. The highest BCUT2D eigenvalue weighted by atomic mass is 19.3. The molecule has 8 nitrogen and oxygen atoms in total. The molecule has 32 heavy (non-hydrogen) atoms. The van der Waals surface area contributed by atoms with Crippen LogP contribution in [0.2, 0.25) is 0 Å². The van der Waals surface area contributed by atoms with Crippen LogP contribution >= 0.6 is 0 Å². The van der Waals surface area contributed by atoms with Gasteiger partial charge in [-0.1, -0.05) is 6.07 Å². The molecule has 1 aliphatic rings. The van der Waals surface area contributed by atoms with Crippen LogP contribution in [0, 0.1) is 5.82 Å². The fraction of sp³-hybridized carbons (Fsp3) is 0.368. The molecule has 0 unspecified atom stereocenters. The Morgan fingerprint density at radius 2 is 2.03 bits per heavy atom. The molecule has 2 aromatic rings. The average Bonchev–Trinajstić information content (AvgIpc) is 3.17. The standard InChI is InChI=1S/C18H17F5N4O2.CH2O2/c1-17(18(22,23)9-29-8-15(24)25-17)11-6-10(2-3-12(11)19)7-14(28)13-4-5-27(26-13)16(20)21;2-1-3/h2-6,16H,7-9H2,1H3,(H2,24,25);1H,(H,2,3)/t17-;/m1./s1. The zero-order valence-corrected chi connectivity index (χ0v) is 16.6. The van der Waals surface area contributed by atoms with Gasteiger partial charge in [-0.3, -0.25) is 14.6 Å². The summed E-state index contributed by atoms with van der Waals surface area (Å²) in [5.41, 5.74) is 2.74. The van der Waals surface area contributed by atoms with Crippen molar-refractivity contribution >= 4 is 18.1 Å². The SMILES string of the molecule is C[C@]1(c2cc(CC(=O)c3ccn(C(F)F)n3)ccc2F)N=C(N)COCC1(F)F.O=CO. The third-order valence-corrected chi connectivity index (χ3v) is 4.63. The van der Waals surface area contributed by atoms with E-state index in [-0.39, 0.29) is 36.6 Å². The number of nitrogens with zero attached hydrogens (tertiary/aromatic N) is 3. The number of hydrogen-bond acceptors (Lipinski definition) is 6. The van der Waals surface area contributed by atoms with Crippen LogP contribution in [-0.2, 0) is 21.5 Å². The zero-order valence-electron chi connectivity index (χ0n) is 16.6. The predicted molar refractivity (Wildman–Crippen MR) is 101 cm³/mol. The first-order valence-electron chi connectivity index (χ1n) is 8.98. The lowest BCUT2D eigenvalue weighted by Crippen LogP contribution is -2.45. The first-order chi connectivity index (χ1) is 14.9. The van der Waals surface area contributed by atoms with Gasteiger partial charge in [-0.2, -0.15) is 13.9 Å². The Hall–Kier alpha value is -3.35. The number of rotatable bonds is 5. The number of ketones is 1. The number of halogens is 5. The van der Waals surface area contributed by atoms with Gasteiger partial charge in [-0.15, -0.1) is 0 Å². The number of nitrogens with two attached hydrogens (primary N) is 1. The van der Waals surface area contributed by atoms with E-state index in [1.807, 2.05) is 0 Å². The van der Waals surface area contributed by atoms with E-state index in [2.05, 4.69) is 10.1 Å². The Kier molecular flexibility index (Phi) is 7.67. The fourth-order valence-corrected chi connectivity index (χ4v) is 3.01. The molecule has 174 valence electrons. The number of benzene rings is 1. The molecule has 1 aromatic carbocycles. The van der Waals surface area contributed by atoms with Gasteiger partial charge < -0.3 is 15.6 Å². The Labute approximate surface area is 178 Å². The van der Waals surface area contributed by atoms with E-state index in [4.69, 9.17) is 20.4 Å². The van der Waals surface area contributed by atoms with Crippen LogP contribution in [0.5, 0.6) is 0 Å².